The van der Waals surface area contributed by atoms with Gasteiger partial charge >= 0.3 is 0 Å². The molecule has 0 aliphatic carbocycles. The van der Waals surface area contributed by atoms with Gasteiger partial charge < -0.3 is 9.84 Å². The molecule has 0 fully saturated rings. The van der Waals surface area contributed by atoms with Gasteiger partial charge in [0.05, 0.1) is 13.7 Å². The van der Waals surface area contributed by atoms with Crippen LogP contribution in [0.4, 0.5) is 0 Å². The van der Waals surface area contributed by atoms with E-state index in [1.807, 2.05) is 6.07 Å². The van der Waals surface area contributed by atoms with Crippen LogP contribution in [-0.4, -0.2) is 36.4 Å². The van der Waals surface area contributed by atoms with Crippen molar-refractivity contribution < 1.29 is 9.84 Å². The van der Waals surface area contributed by atoms with Crippen molar-refractivity contribution in [3.8, 4) is 11.5 Å². The zero-order valence-corrected chi connectivity index (χ0v) is 14.7. The zero-order valence-electron chi connectivity index (χ0n) is 14.7. The first kappa shape index (κ1) is 18.0. The first-order chi connectivity index (χ1) is 11.7. The number of methoxy groups -OCH3 is 1. The molecule has 0 aliphatic heterocycles. The maximum Gasteiger partial charge on any atom is 0.124 e. The molecule has 0 radical (unpaired) electrons. The summed E-state index contributed by atoms with van der Waals surface area (Å²) in [7, 11) is 1.61. The molecule has 0 aromatic heterocycles. The van der Waals surface area contributed by atoms with Crippen LogP contribution in [0, 0.1) is 0 Å². The fourth-order valence-electron chi connectivity index (χ4n) is 2.56. The third-order valence-electron chi connectivity index (χ3n) is 4.13. The van der Waals surface area contributed by atoms with Gasteiger partial charge in [-0.1, -0.05) is 38.1 Å². The van der Waals surface area contributed by atoms with Crippen molar-refractivity contribution >= 4 is 6.21 Å². The third kappa shape index (κ3) is 4.83. The van der Waals surface area contributed by atoms with Crippen molar-refractivity contribution in [1.82, 2.24) is 4.90 Å². The summed E-state index contributed by atoms with van der Waals surface area (Å²) in [5, 5.41) is 9.91. The molecule has 0 bridgehead atoms. The molecule has 24 heavy (non-hydrogen) atoms. The van der Waals surface area contributed by atoms with Gasteiger partial charge in [0.2, 0.25) is 0 Å². The van der Waals surface area contributed by atoms with Crippen molar-refractivity contribution in [3.05, 3.63) is 59.2 Å². The fourth-order valence-corrected chi connectivity index (χ4v) is 2.56. The Morgan fingerprint density at radius 2 is 1.79 bits per heavy atom. The standard InChI is InChI=1S/C20H26N2O2/c1-4-22(5-2)15-17-9-7-6-8-16(17)13-21-14-18-12-19(24-3)10-11-20(18)23/h6-12,14,23H,4-5,13,15H2,1-3H3. The number of phenols is 1. The summed E-state index contributed by atoms with van der Waals surface area (Å²) < 4.78 is 5.18. The summed E-state index contributed by atoms with van der Waals surface area (Å²) in [6.45, 7) is 7.94. The van der Waals surface area contributed by atoms with Crippen molar-refractivity contribution in [2.75, 3.05) is 20.2 Å². The monoisotopic (exact) mass is 326 g/mol. The quantitative estimate of drug-likeness (QED) is 0.749. The minimum atomic E-state index is 0.205. The second kappa shape index (κ2) is 9.08. The van der Waals surface area contributed by atoms with E-state index < -0.39 is 0 Å². The minimum Gasteiger partial charge on any atom is -0.507 e. The van der Waals surface area contributed by atoms with Gasteiger partial charge in [-0.2, -0.15) is 0 Å². The highest BCUT2D eigenvalue weighted by Gasteiger charge is 2.06. The van der Waals surface area contributed by atoms with Gasteiger partial charge in [0.15, 0.2) is 0 Å². The van der Waals surface area contributed by atoms with Crippen LogP contribution in [0.2, 0.25) is 0 Å². The van der Waals surface area contributed by atoms with Gasteiger partial charge in [-0.3, -0.25) is 9.89 Å². The molecule has 4 heteroatoms. The lowest BCUT2D eigenvalue weighted by molar-refractivity contribution is 0.295. The highest BCUT2D eigenvalue weighted by Crippen LogP contribution is 2.21. The lowest BCUT2D eigenvalue weighted by Gasteiger charge is -2.19. The van der Waals surface area contributed by atoms with Crippen LogP contribution in [0.25, 0.3) is 0 Å². The Labute approximate surface area is 144 Å². The van der Waals surface area contributed by atoms with Crippen LogP contribution in [0.15, 0.2) is 47.5 Å². The van der Waals surface area contributed by atoms with E-state index in [0.29, 0.717) is 17.9 Å². The van der Waals surface area contributed by atoms with E-state index in [0.717, 1.165) is 19.6 Å². The second-order valence-corrected chi connectivity index (χ2v) is 5.62. The van der Waals surface area contributed by atoms with Crippen molar-refractivity contribution in [2.45, 2.75) is 26.9 Å². The fraction of sp³-hybridized carbons (Fsp3) is 0.350. The van der Waals surface area contributed by atoms with Crippen LogP contribution < -0.4 is 4.74 Å². The molecular weight excluding hydrogens is 300 g/mol. The maximum absolute atomic E-state index is 9.91. The number of nitrogens with zero attached hydrogens (tertiary/aromatic N) is 2. The average molecular weight is 326 g/mol. The van der Waals surface area contributed by atoms with Crippen molar-refractivity contribution in [2.24, 2.45) is 4.99 Å². The van der Waals surface area contributed by atoms with Crippen molar-refractivity contribution in [1.29, 1.82) is 0 Å². The largest absolute Gasteiger partial charge is 0.507 e. The van der Waals surface area contributed by atoms with Crippen LogP contribution in [-0.2, 0) is 13.1 Å². The molecule has 0 atom stereocenters. The van der Waals surface area contributed by atoms with E-state index in [-0.39, 0.29) is 5.75 Å². The molecule has 0 heterocycles. The predicted octanol–water partition coefficient (Wildman–Crippen LogP) is 3.86. The Hall–Kier alpha value is -2.33. The summed E-state index contributed by atoms with van der Waals surface area (Å²) in [6.07, 6.45) is 1.70. The molecule has 0 unspecified atom stereocenters. The third-order valence-corrected chi connectivity index (χ3v) is 4.13. The number of rotatable bonds is 8. The van der Waals surface area contributed by atoms with Crippen LogP contribution >= 0.6 is 0 Å². The molecule has 2 rings (SSSR count). The number of phenolic OH excluding ortho intramolecular Hbond substituents is 1. The first-order valence-electron chi connectivity index (χ1n) is 8.33. The second-order valence-electron chi connectivity index (χ2n) is 5.62. The lowest BCUT2D eigenvalue weighted by atomic mass is 10.1. The van der Waals surface area contributed by atoms with Crippen LogP contribution in [0.1, 0.15) is 30.5 Å². The number of ether oxygens (including phenoxy) is 1. The summed E-state index contributed by atoms with van der Waals surface area (Å²) in [5.74, 6) is 0.909. The SMILES string of the molecule is CCN(CC)Cc1ccccc1CN=Cc1cc(OC)ccc1O. The van der Waals surface area contributed by atoms with E-state index >= 15 is 0 Å². The summed E-state index contributed by atoms with van der Waals surface area (Å²) in [5.41, 5.74) is 3.17. The molecule has 0 saturated carbocycles. The Bertz CT molecular complexity index is 679. The minimum absolute atomic E-state index is 0.205. The number of hydrogen-bond acceptors (Lipinski definition) is 4. The molecule has 2 aromatic rings. The average Bonchev–Trinajstić information content (AvgIpc) is 2.62. The highest BCUT2D eigenvalue weighted by atomic mass is 16.5. The molecule has 0 aliphatic rings. The Kier molecular flexibility index (Phi) is 6.82. The number of hydrogen-bond donors (Lipinski definition) is 1. The summed E-state index contributed by atoms with van der Waals surface area (Å²) >= 11 is 0. The van der Waals surface area contributed by atoms with Gasteiger partial charge in [0.25, 0.3) is 0 Å². The molecular formula is C20H26N2O2. The molecule has 4 nitrogen and oxygen atoms in total. The molecule has 0 saturated heterocycles. The first-order valence-corrected chi connectivity index (χ1v) is 8.33. The van der Waals surface area contributed by atoms with E-state index in [2.05, 4.69) is 41.9 Å². The number of aliphatic imine (C=N–C) groups is 1. The van der Waals surface area contributed by atoms with E-state index in [1.165, 1.54) is 11.1 Å². The van der Waals surface area contributed by atoms with Gasteiger partial charge in [0, 0.05) is 18.3 Å². The summed E-state index contributed by atoms with van der Waals surface area (Å²) in [6, 6.07) is 13.5. The molecule has 0 spiro atoms. The van der Waals surface area contributed by atoms with Gasteiger partial charge in [-0.25, -0.2) is 0 Å². The lowest BCUT2D eigenvalue weighted by Crippen LogP contribution is -2.22. The van der Waals surface area contributed by atoms with Gasteiger partial charge in [0.1, 0.15) is 11.5 Å². The smallest absolute Gasteiger partial charge is 0.124 e. The van der Waals surface area contributed by atoms with E-state index in [9.17, 15) is 5.11 Å². The molecule has 0 amide bonds. The van der Waals surface area contributed by atoms with Crippen LogP contribution in [0.3, 0.4) is 0 Å². The Morgan fingerprint density at radius 1 is 1.08 bits per heavy atom. The zero-order chi connectivity index (χ0) is 17.4. The molecule has 128 valence electrons. The Morgan fingerprint density at radius 3 is 2.46 bits per heavy atom. The predicted molar refractivity (Wildman–Crippen MR) is 99.0 cm³/mol. The topological polar surface area (TPSA) is 45.1 Å². The van der Waals surface area contributed by atoms with Crippen LogP contribution in [0.5, 0.6) is 11.5 Å². The maximum atomic E-state index is 9.91. The number of aromatic hydroxyl groups is 1. The van der Waals surface area contributed by atoms with Gasteiger partial charge in [-0.15, -0.1) is 0 Å². The summed E-state index contributed by atoms with van der Waals surface area (Å²) in [4.78, 5) is 6.89. The van der Waals surface area contributed by atoms with E-state index in [1.54, 1.807) is 31.5 Å². The number of benzene rings is 2. The molecule has 2 aromatic carbocycles. The van der Waals surface area contributed by atoms with Gasteiger partial charge in [-0.05, 0) is 42.4 Å². The van der Waals surface area contributed by atoms with E-state index in [4.69, 9.17) is 4.74 Å². The van der Waals surface area contributed by atoms with Crippen molar-refractivity contribution in [3.63, 3.8) is 0 Å². The molecule has 1 N–H and O–H groups in total. The Balaban J connectivity index is 2.12. The highest BCUT2D eigenvalue weighted by molar-refractivity contribution is 5.84. The normalized spacial score (nSPS) is 11.3.